The summed E-state index contributed by atoms with van der Waals surface area (Å²) in [5.74, 6) is 0.400. The summed E-state index contributed by atoms with van der Waals surface area (Å²) in [6.45, 7) is 4.71. The number of methoxy groups -OCH3 is 1. The average molecular weight is 394 g/mol. The molecular formula is C18H20BrNO4. The molecule has 0 aliphatic carbocycles. The summed E-state index contributed by atoms with van der Waals surface area (Å²) in [7, 11) is 1.60. The molecule has 2 N–H and O–H groups in total. The van der Waals surface area contributed by atoms with Gasteiger partial charge < -0.3 is 19.9 Å². The Morgan fingerprint density at radius 1 is 1.33 bits per heavy atom. The molecule has 5 nitrogen and oxygen atoms in total. The Hall–Kier alpha value is -2.21. The zero-order valence-electron chi connectivity index (χ0n) is 13.9. The van der Waals surface area contributed by atoms with Gasteiger partial charge in [0, 0.05) is 22.3 Å². The van der Waals surface area contributed by atoms with Gasteiger partial charge in [-0.25, -0.2) is 4.79 Å². The fourth-order valence-corrected chi connectivity index (χ4v) is 2.95. The summed E-state index contributed by atoms with van der Waals surface area (Å²) in [4.78, 5) is 11.2. The van der Waals surface area contributed by atoms with E-state index in [0.29, 0.717) is 30.2 Å². The largest absolute Gasteiger partial charge is 0.493 e. The second-order valence-corrected chi connectivity index (χ2v) is 6.08. The van der Waals surface area contributed by atoms with Crippen molar-refractivity contribution in [2.75, 3.05) is 19.0 Å². The number of ether oxygens (including phenoxy) is 2. The number of hydrogen-bond acceptors (Lipinski definition) is 4. The molecule has 0 aromatic heterocycles. The molecule has 6 heteroatoms. The Labute approximate surface area is 149 Å². The van der Waals surface area contributed by atoms with Crippen LogP contribution in [-0.4, -0.2) is 24.8 Å². The van der Waals surface area contributed by atoms with Crippen molar-refractivity contribution in [3.05, 3.63) is 51.5 Å². The normalized spacial score (nSPS) is 10.3. The highest BCUT2D eigenvalue weighted by Gasteiger charge is 2.14. The maximum atomic E-state index is 11.2. The monoisotopic (exact) mass is 393 g/mol. The Bertz CT molecular complexity index is 746. The van der Waals surface area contributed by atoms with Gasteiger partial charge in [-0.3, -0.25) is 0 Å². The minimum Gasteiger partial charge on any atom is -0.493 e. The van der Waals surface area contributed by atoms with Crippen LogP contribution in [0.25, 0.3) is 0 Å². The minimum absolute atomic E-state index is 0.289. The van der Waals surface area contributed by atoms with E-state index >= 15 is 0 Å². The number of carbonyl (C=O) groups is 1. The maximum Gasteiger partial charge on any atom is 0.336 e. The maximum absolute atomic E-state index is 11.2. The van der Waals surface area contributed by atoms with Crippen molar-refractivity contribution in [3.8, 4) is 11.5 Å². The topological polar surface area (TPSA) is 67.8 Å². The number of rotatable bonds is 7. The van der Waals surface area contributed by atoms with Crippen molar-refractivity contribution < 1.29 is 19.4 Å². The van der Waals surface area contributed by atoms with Crippen LogP contribution in [0.4, 0.5) is 5.69 Å². The van der Waals surface area contributed by atoms with Gasteiger partial charge in [0.15, 0.2) is 11.5 Å². The highest BCUT2D eigenvalue weighted by atomic mass is 79.9. The zero-order chi connectivity index (χ0) is 17.7. The molecule has 2 aromatic carbocycles. The molecule has 0 aliphatic heterocycles. The lowest BCUT2D eigenvalue weighted by molar-refractivity contribution is 0.0696. The molecule has 0 amide bonds. The van der Waals surface area contributed by atoms with E-state index in [4.69, 9.17) is 9.47 Å². The Balaban J connectivity index is 2.31. The molecule has 0 saturated carbocycles. The van der Waals surface area contributed by atoms with E-state index in [9.17, 15) is 9.90 Å². The molecule has 0 spiro atoms. The number of carboxylic acids is 1. The Morgan fingerprint density at radius 2 is 2.08 bits per heavy atom. The molecule has 0 aliphatic rings. The van der Waals surface area contributed by atoms with Crippen LogP contribution in [0.5, 0.6) is 11.5 Å². The average Bonchev–Trinajstić information content (AvgIpc) is 2.55. The number of hydrogen-bond donors (Lipinski definition) is 2. The lowest BCUT2D eigenvalue weighted by Crippen LogP contribution is -2.08. The van der Waals surface area contributed by atoms with Crippen molar-refractivity contribution in [2.45, 2.75) is 20.4 Å². The van der Waals surface area contributed by atoms with Crippen molar-refractivity contribution in [1.29, 1.82) is 0 Å². The summed E-state index contributed by atoms with van der Waals surface area (Å²) >= 11 is 3.47. The SMILES string of the molecule is CCOc1c(CNc2cccc(C(=O)O)c2C)cc(Br)cc1OC. The van der Waals surface area contributed by atoms with Gasteiger partial charge >= 0.3 is 5.97 Å². The Morgan fingerprint density at radius 3 is 2.71 bits per heavy atom. The molecule has 0 heterocycles. The van der Waals surface area contributed by atoms with Crippen molar-refractivity contribution in [2.24, 2.45) is 0 Å². The number of nitrogens with one attached hydrogen (secondary N) is 1. The predicted octanol–water partition coefficient (Wildman–Crippen LogP) is 4.48. The molecule has 0 bridgehead atoms. The van der Waals surface area contributed by atoms with Crippen LogP contribution < -0.4 is 14.8 Å². The molecule has 0 fully saturated rings. The number of aromatic carboxylic acids is 1. The van der Waals surface area contributed by atoms with Gasteiger partial charge in [0.25, 0.3) is 0 Å². The van der Waals surface area contributed by atoms with E-state index in [1.54, 1.807) is 26.2 Å². The molecule has 0 radical (unpaired) electrons. The van der Waals surface area contributed by atoms with E-state index < -0.39 is 5.97 Å². The molecule has 0 saturated heterocycles. The zero-order valence-corrected chi connectivity index (χ0v) is 15.4. The summed E-state index contributed by atoms with van der Waals surface area (Å²) in [5, 5.41) is 12.5. The fourth-order valence-electron chi connectivity index (χ4n) is 2.46. The predicted molar refractivity (Wildman–Crippen MR) is 97.3 cm³/mol. The number of carboxylic acid groups (broad SMARTS) is 1. The third kappa shape index (κ3) is 4.00. The van der Waals surface area contributed by atoms with E-state index in [0.717, 1.165) is 15.7 Å². The van der Waals surface area contributed by atoms with Gasteiger partial charge in [-0.1, -0.05) is 22.0 Å². The highest BCUT2D eigenvalue weighted by molar-refractivity contribution is 9.10. The van der Waals surface area contributed by atoms with Crippen LogP contribution in [0.15, 0.2) is 34.8 Å². The van der Waals surface area contributed by atoms with Crippen LogP contribution in [0.1, 0.15) is 28.4 Å². The molecular weight excluding hydrogens is 374 g/mol. The molecule has 24 heavy (non-hydrogen) atoms. The Kier molecular flexibility index (Phi) is 6.09. The smallest absolute Gasteiger partial charge is 0.336 e. The van der Waals surface area contributed by atoms with Gasteiger partial charge in [0.1, 0.15) is 0 Å². The summed E-state index contributed by atoms with van der Waals surface area (Å²) in [6.07, 6.45) is 0. The number of anilines is 1. The first-order valence-electron chi connectivity index (χ1n) is 7.53. The van der Waals surface area contributed by atoms with Gasteiger partial charge in [-0.15, -0.1) is 0 Å². The van der Waals surface area contributed by atoms with Crippen LogP contribution in [0.2, 0.25) is 0 Å². The van der Waals surface area contributed by atoms with Crippen LogP contribution in [-0.2, 0) is 6.54 Å². The number of halogens is 1. The van der Waals surface area contributed by atoms with Gasteiger partial charge in [0.05, 0.1) is 19.3 Å². The quantitative estimate of drug-likeness (QED) is 0.725. The lowest BCUT2D eigenvalue weighted by atomic mass is 10.1. The highest BCUT2D eigenvalue weighted by Crippen LogP contribution is 2.35. The third-order valence-corrected chi connectivity index (χ3v) is 4.10. The molecule has 2 aromatic rings. The van der Waals surface area contributed by atoms with Gasteiger partial charge in [0.2, 0.25) is 0 Å². The molecule has 0 atom stereocenters. The summed E-state index contributed by atoms with van der Waals surface area (Å²) in [6, 6.07) is 8.99. The third-order valence-electron chi connectivity index (χ3n) is 3.64. The van der Waals surface area contributed by atoms with E-state index in [1.807, 2.05) is 25.1 Å². The lowest BCUT2D eigenvalue weighted by Gasteiger charge is -2.17. The fraction of sp³-hybridized carbons (Fsp3) is 0.278. The molecule has 2 rings (SSSR count). The molecule has 128 valence electrons. The minimum atomic E-state index is -0.935. The summed E-state index contributed by atoms with van der Waals surface area (Å²) < 4.78 is 12.0. The van der Waals surface area contributed by atoms with Crippen LogP contribution in [0.3, 0.4) is 0 Å². The van der Waals surface area contributed by atoms with Crippen LogP contribution >= 0.6 is 15.9 Å². The van der Waals surface area contributed by atoms with Crippen molar-refractivity contribution in [3.63, 3.8) is 0 Å². The first-order chi connectivity index (χ1) is 11.5. The van der Waals surface area contributed by atoms with Gasteiger partial charge in [-0.2, -0.15) is 0 Å². The second kappa shape index (κ2) is 8.06. The van der Waals surface area contributed by atoms with Crippen molar-refractivity contribution >= 4 is 27.6 Å². The van der Waals surface area contributed by atoms with E-state index in [2.05, 4.69) is 21.2 Å². The first-order valence-corrected chi connectivity index (χ1v) is 8.33. The van der Waals surface area contributed by atoms with Crippen molar-refractivity contribution in [1.82, 2.24) is 0 Å². The molecule has 0 unspecified atom stereocenters. The van der Waals surface area contributed by atoms with Crippen LogP contribution in [0, 0.1) is 6.92 Å². The first kappa shape index (κ1) is 18.1. The standard InChI is InChI=1S/C18H20BrNO4/c1-4-24-17-12(8-13(19)9-16(17)23-3)10-20-15-7-5-6-14(11(15)2)18(21)22/h5-9,20H,4,10H2,1-3H3,(H,21,22). The van der Waals surface area contributed by atoms with E-state index in [-0.39, 0.29) is 5.56 Å². The van der Waals surface area contributed by atoms with E-state index in [1.165, 1.54) is 0 Å². The van der Waals surface area contributed by atoms with Gasteiger partial charge in [-0.05, 0) is 43.7 Å². The number of benzene rings is 2. The second-order valence-electron chi connectivity index (χ2n) is 5.17. The summed E-state index contributed by atoms with van der Waals surface area (Å²) in [5.41, 5.74) is 2.68.